The van der Waals surface area contributed by atoms with Crippen LogP contribution < -0.4 is 0 Å². The number of benzene rings is 2. The topological polar surface area (TPSA) is 12.9 Å². The third-order valence-electron chi connectivity index (χ3n) is 3.18. The van der Waals surface area contributed by atoms with Crippen molar-refractivity contribution in [3.8, 4) is 11.1 Å². The summed E-state index contributed by atoms with van der Waals surface area (Å²) >= 11 is 0. The van der Waals surface area contributed by atoms with Gasteiger partial charge in [-0.05, 0) is 11.5 Å². The van der Waals surface area contributed by atoms with Crippen LogP contribution in [-0.4, -0.2) is 4.98 Å². The fourth-order valence-corrected chi connectivity index (χ4v) is 2.35. The number of pyridine rings is 1. The summed E-state index contributed by atoms with van der Waals surface area (Å²) in [5.41, 5.74) is 5.83. The first-order chi connectivity index (χ1) is 8.75. The largest absolute Gasteiger partial charge is 0.266 e. The minimum Gasteiger partial charge on any atom is -0.266 e. The van der Waals surface area contributed by atoms with Gasteiger partial charge in [-0.3, -0.25) is 4.98 Å². The Bertz CT molecular complexity index is 714. The number of aryl methyl sites for hydroxylation is 2. The predicted octanol–water partition coefficient (Wildman–Crippen LogP) is 4.32. The molecule has 0 fully saturated rings. The summed E-state index contributed by atoms with van der Waals surface area (Å²) in [6.07, 6.45) is 1.84. The van der Waals surface area contributed by atoms with Crippen LogP contribution in [0.5, 0.6) is 0 Å². The molecule has 0 unspecified atom stereocenters. The Morgan fingerprint density at radius 2 is 1.84 bits per heavy atom. The monoisotopic (exact) mass is 427 g/mol. The van der Waals surface area contributed by atoms with Crippen molar-refractivity contribution in [2.45, 2.75) is 13.8 Å². The van der Waals surface area contributed by atoms with Crippen LogP contribution in [0.2, 0.25) is 0 Å². The molecule has 3 aromatic rings. The average Bonchev–Trinajstić information content (AvgIpc) is 2.38. The fraction of sp³-hybridized carbons (Fsp3) is 0.118. The quantitative estimate of drug-likeness (QED) is 0.528. The predicted molar refractivity (Wildman–Crippen MR) is 75.5 cm³/mol. The molecule has 0 N–H and O–H groups in total. The first kappa shape index (κ1) is 14.0. The van der Waals surface area contributed by atoms with Crippen molar-refractivity contribution in [2.24, 2.45) is 0 Å². The fourth-order valence-electron chi connectivity index (χ4n) is 2.35. The smallest absolute Gasteiger partial charge is 0.0367 e. The van der Waals surface area contributed by atoms with Crippen LogP contribution in [0.4, 0.5) is 0 Å². The maximum Gasteiger partial charge on any atom is 0.0367 e. The van der Waals surface area contributed by atoms with Crippen molar-refractivity contribution in [2.75, 3.05) is 0 Å². The molecule has 0 aliphatic carbocycles. The molecular formula is C17H14NPt-. The molecule has 98 valence electrons. The summed E-state index contributed by atoms with van der Waals surface area (Å²) in [5, 5.41) is 1.17. The molecular weight excluding hydrogens is 413 g/mol. The van der Waals surface area contributed by atoms with E-state index in [9.17, 15) is 0 Å². The van der Waals surface area contributed by atoms with Gasteiger partial charge in [0.15, 0.2) is 0 Å². The van der Waals surface area contributed by atoms with Crippen molar-refractivity contribution in [3.05, 3.63) is 65.9 Å². The number of hydrogen-bond donors (Lipinski definition) is 0. The van der Waals surface area contributed by atoms with Crippen molar-refractivity contribution < 1.29 is 21.1 Å². The van der Waals surface area contributed by atoms with Crippen LogP contribution in [0.1, 0.15) is 11.1 Å². The molecule has 0 saturated heterocycles. The van der Waals surface area contributed by atoms with Crippen molar-refractivity contribution in [1.82, 2.24) is 4.98 Å². The molecule has 0 atom stereocenters. The minimum absolute atomic E-state index is 0. The second kappa shape index (κ2) is 5.67. The van der Waals surface area contributed by atoms with Crippen LogP contribution in [-0.2, 0) is 21.1 Å². The number of rotatable bonds is 1. The van der Waals surface area contributed by atoms with Gasteiger partial charge < -0.3 is 0 Å². The zero-order chi connectivity index (χ0) is 12.5. The summed E-state index contributed by atoms with van der Waals surface area (Å²) in [6, 6.07) is 17.9. The Morgan fingerprint density at radius 1 is 1.05 bits per heavy atom. The van der Waals surface area contributed by atoms with Gasteiger partial charge in [0.2, 0.25) is 0 Å². The van der Waals surface area contributed by atoms with Crippen LogP contribution >= 0.6 is 0 Å². The molecule has 0 aliphatic heterocycles. The maximum atomic E-state index is 4.50. The van der Waals surface area contributed by atoms with E-state index in [2.05, 4.69) is 55.2 Å². The Morgan fingerprint density at radius 3 is 2.63 bits per heavy atom. The number of hydrogen-bond acceptors (Lipinski definition) is 1. The van der Waals surface area contributed by atoms with Crippen LogP contribution in [0, 0.1) is 19.9 Å². The molecule has 3 rings (SSSR count). The van der Waals surface area contributed by atoms with Gasteiger partial charge in [0.05, 0.1) is 0 Å². The summed E-state index contributed by atoms with van der Waals surface area (Å²) in [6.45, 7) is 4.22. The summed E-state index contributed by atoms with van der Waals surface area (Å²) in [5.74, 6) is 0. The molecule has 2 aromatic carbocycles. The Kier molecular flexibility index (Phi) is 4.17. The van der Waals surface area contributed by atoms with Gasteiger partial charge in [-0.15, -0.1) is 34.9 Å². The minimum atomic E-state index is 0. The Labute approximate surface area is 128 Å². The van der Waals surface area contributed by atoms with Crippen molar-refractivity contribution in [3.63, 3.8) is 0 Å². The van der Waals surface area contributed by atoms with E-state index >= 15 is 0 Å². The van der Waals surface area contributed by atoms with Crippen molar-refractivity contribution >= 4 is 10.9 Å². The third-order valence-corrected chi connectivity index (χ3v) is 3.18. The molecule has 0 radical (unpaired) electrons. The van der Waals surface area contributed by atoms with E-state index in [1.165, 1.54) is 16.5 Å². The number of fused-ring (bicyclic) bond motifs is 1. The SMILES string of the molecule is Cc1c[c-]c(-c2cccc3cccnc23)c(C)c1.[Pt]. The molecule has 1 aromatic heterocycles. The van der Waals surface area contributed by atoms with Gasteiger partial charge in [0.25, 0.3) is 0 Å². The zero-order valence-corrected chi connectivity index (χ0v) is 13.2. The zero-order valence-electron chi connectivity index (χ0n) is 10.9. The molecule has 0 aliphatic rings. The normalized spacial score (nSPS) is 10.2. The van der Waals surface area contributed by atoms with Crippen molar-refractivity contribution in [1.29, 1.82) is 0 Å². The van der Waals surface area contributed by atoms with Crippen LogP contribution in [0.3, 0.4) is 0 Å². The van der Waals surface area contributed by atoms with Gasteiger partial charge in [0, 0.05) is 32.8 Å². The van der Waals surface area contributed by atoms with Gasteiger partial charge >= 0.3 is 0 Å². The summed E-state index contributed by atoms with van der Waals surface area (Å²) < 4.78 is 0. The molecule has 0 saturated carbocycles. The van der Waals surface area contributed by atoms with E-state index < -0.39 is 0 Å². The Hall–Kier alpha value is -1.46. The molecule has 1 nitrogen and oxygen atoms in total. The maximum absolute atomic E-state index is 4.50. The molecule has 0 spiro atoms. The molecule has 19 heavy (non-hydrogen) atoms. The van der Waals surface area contributed by atoms with Gasteiger partial charge in [-0.2, -0.15) is 0 Å². The van der Waals surface area contributed by atoms with Gasteiger partial charge in [0.1, 0.15) is 0 Å². The second-order valence-electron chi connectivity index (χ2n) is 4.62. The van der Waals surface area contributed by atoms with Gasteiger partial charge in [-0.1, -0.05) is 43.7 Å². The molecule has 0 bridgehead atoms. The number of para-hydroxylation sites is 1. The molecule has 0 amide bonds. The van der Waals surface area contributed by atoms with E-state index in [4.69, 9.17) is 0 Å². The average molecular weight is 427 g/mol. The first-order valence-corrected chi connectivity index (χ1v) is 6.09. The molecule has 2 heteroatoms. The number of nitrogens with zero attached hydrogens (tertiary/aromatic N) is 1. The Balaban J connectivity index is 0.00000133. The second-order valence-corrected chi connectivity index (χ2v) is 4.62. The van der Waals surface area contributed by atoms with E-state index in [1.807, 2.05) is 18.3 Å². The van der Waals surface area contributed by atoms with E-state index in [-0.39, 0.29) is 21.1 Å². The van der Waals surface area contributed by atoms with Crippen LogP contribution in [0.15, 0.2) is 48.7 Å². The molecule has 1 heterocycles. The van der Waals surface area contributed by atoms with Gasteiger partial charge in [-0.25, -0.2) is 0 Å². The van der Waals surface area contributed by atoms with Crippen LogP contribution in [0.25, 0.3) is 22.0 Å². The summed E-state index contributed by atoms with van der Waals surface area (Å²) in [4.78, 5) is 4.50. The standard InChI is InChI=1S/C17H14N.Pt/c1-12-8-9-15(13(2)11-12)16-7-3-5-14-6-4-10-18-17(14)16;/h3-8,10-11H,1-2H3;/q-1;. The van der Waals surface area contributed by atoms with E-state index in [0.29, 0.717) is 0 Å². The number of aromatic nitrogens is 1. The third kappa shape index (κ3) is 2.62. The first-order valence-electron chi connectivity index (χ1n) is 6.09. The summed E-state index contributed by atoms with van der Waals surface area (Å²) in [7, 11) is 0. The van der Waals surface area contributed by atoms with E-state index in [1.54, 1.807) is 0 Å². The van der Waals surface area contributed by atoms with E-state index in [0.717, 1.165) is 16.6 Å².